The van der Waals surface area contributed by atoms with Crippen molar-refractivity contribution in [3.8, 4) is 0 Å². The molecule has 4 heteroatoms. The molecule has 0 aromatic carbocycles. The Morgan fingerprint density at radius 3 is 1.84 bits per heavy atom. The van der Waals surface area contributed by atoms with E-state index < -0.39 is 11.9 Å². The van der Waals surface area contributed by atoms with Crippen molar-refractivity contribution in [3.63, 3.8) is 0 Å². The Morgan fingerprint density at radius 1 is 1.00 bits per heavy atom. The highest BCUT2D eigenvalue weighted by Gasteiger charge is 2.06. The lowest BCUT2D eigenvalue weighted by molar-refractivity contribution is -0.147. The summed E-state index contributed by atoms with van der Waals surface area (Å²) >= 11 is 0. The van der Waals surface area contributed by atoms with Crippen molar-refractivity contribution >= 4 is 11.9 Å². The van der Waals surface area contributed by atoms with Crippen LogP contribution in [0.3, 0.4) is 0 Å². The Balaban J connectivity index is 0.000000443. The molecule has 19 heavy (non-hydrogen) atoms. The third-order valence-corrected chi connectivity index (χ3v) is 3.00. The Morgan fingerprint density at radius 2 is 1.47 bits per heavy atom. The number of carbonyl (C=O) groups excluding carboxylic acids is 1. The van der Waals surface area contributed by atoms with Crippen LogP contribution in [0.2, 0.25) is 0 Å². The molecule has 0 aromatic rings. The molecule has 112 valence electrons. The van der Waals surface area contributed by atoms with Gasteiger partial charge in [0.05, 0.1) is 19.4 Å². The second-order valence-electron chi connectivity index (χ2n) is 5.42. The fourth-order valence-electron chi connectivity index (χ4n) is 1.75. The van der Waals surface area contributed by atoms with Crippen LogP contribution in [0.25, 0.3) is 0 Å². The third-order valence-electron chi connectivity index (χ3n) is 3.00. The van der Waals surface area contributed by atoms with Gasteiger partial charge in [0.15, 0.2) is 0 Å². The molecule has 0 spiro atoms. The van der Waals surface area contributed by atoms with Gasteiger partial charge in [-0.05, 0) is 12.3 Å². The first kappa shape index (κ1) is 17.9. The summed E-state index contributed by atoms with van der Waals surface area (Å²) in [6.07, 6.45) is 9.63. The lowest BCUT2D eigenvalue weighted by atomic mass is 10.0. The summed E-state index contributed by atoms with van der Waals surface area (Å²) in [7, 11) is 0. The fourth-order valence-corrected chi connectivity index (χ4v) is 1.75. The van der Waals surface area contributed by atoms with E-state index in [-0.39, 0.29) is 12.8 Å². The average molecular weight is 272 g/mol. The first-order valence-electron chi connectivity index (χ1n) is 7.39. The van der Waals surface area contributed by atoms with Crippen molar-refractivity contribution in [2.24, 2.45) is 5.92 Å². The molecule has 0 bridgehead atoms. The lowest BCUT2D eigenvalue weighted by Gasteiger charge is -2.05. The number of ether oxygens (including phenoxy) is 1. The molecule has 1 saturated carbocycles. The van der Waals surface area contributed by atoms with Gasteiger partial charge in [-0.2, -0.15) is 0 Å². The van der Waals surface area contributed by atoms with Crippen LogP contribution in [0.1, 0.15) is 71.6 Å². The molecule has 1 fully saturated rings. The number of aliphatic carboxylic acids is 1. The summed E-state index contributed by atoms with van der Waals surface area (Å²) in [6.45, 7) is 4.45. The number of carboxylic acids is 1. The van der Waals surface area contributed by atoms with Crippen molar-refractivity contribution in [1.29, 1.82) is 0 Å². The predicted octanol–water partition coefficient (Wildman–Crippen LogP) is 3.78. The van der Waals surface area contributed by atoms with Gasteiger partial charge >= 0.3 is 11.9 Å². The summed E-state index contributed by atoms with van der Waals surface area (Å²) in [5.41, 5.74) is 0. The van der Waals surface area contributed by atoms with Crippen LogP contribution in [-0.4, -0.2) is 23.7 Å². The van der Waals surface area contributed by atoms with Gasteiger partial charge in [-0.1, -0.05) is 52.4 Å². The highest BCUT2D eigenvalue weighted by atomic mass is 16.5. The van der Waals surface area contributed by atoms with Crippen molar-refractivity contribution < 1.29 is 19.4 Å². The highest BCUT2D eigenvalue weighted by Crippen LogP contribution is 2.15. The van der Waals surface area contributed by atoms with E-state index in [4.69, 9.17) is 9.84 Å². The van der Waals surface area contributed by atoms with Crippen LogP contribution in [0.15, 0.2) is 0 Å². The Bertz CT molecular complexity index is 233. The minimum Gasteiger partial charge on any atom is -0.481 e. The van der Waals surface area contributed by atoms with Crippen LogP contribution < -0.4 is 0 Å². The van der Waals surface area contributed by atoms with Crippen LogP contribution in [0, 0.1) is 5.92 Å². The van der Waals surface area contributed by atoms with E-state index in [1.165, 1.54) is 38.5 Å². The van der Waals surface area contributed by atoms with E-state index >= 15 is 0 Å². The molecule has 0 unspecified atom stereocenters. The minimum absolute atomic E-state index is 0.0343. The van der Waals surface area contributed by atoms with Gasteiger partial charge < -0.3 is 9.84 Å². The van der Waals surface area contributed by atoms with Gasteiger partial charge in [-0.15, -0.1) is 0 Å². The molecule has 0 heterocycles. The minimum atomic E-state index is -0.971. The number of hydrogen-bond donors (Lipinski definition) is 1. The molecule has 0 aromatic heterocycles. The molecule has 0 amide bonds. The van der Waals surface area contributed by atoms with E-state index in [1.54, 1.807) is 0 Å². The van der Waals surface area contributed by atoms with Crippen LogP contribution >= 0.6 is 0 Å². The quantitative estimate of drug-likeness (QED) is 0.747. The first-order chi connectivity index (χ1) is 9.02. The molecule has 1 rings (SSSR count). The third kappa shape index (κ3) is 14.9. The van der Waals surface area contributed by atoms with E-state index in [9.17, 15) is 9.59 Å². The molecule has 1 aliphatic carbocycles. The van der Waals surface area contributed by atoms with Crippen LogP contribution in [0.4, 0.5) is 0 Å². The van der Waals surface area contributed by atoms with E-state index in [1.807, 2.05) is 13.8 Å². The molecular formula is C15H28O4. The Labute approximate surface area is 116 Å². The fraction of sp³-hybridized carbons (Fsp3) is 0.867. The zero-order valence-corrected chi connectivity index (χ0v) is 12.3. The largest absolute Gasteiger partial charge is 0.481 e. The van der Waals surface area contributed by atoms with Gasteiger partial charge in [0, 0.05) is 0 Å². The summed E-state index contributed by atoms with van der Waals surface area (Å²) in [4.78, 5) is 20.9. The number of carbonyl (C=O) groups is 2. The van der Waals surface area contributed by atoms with Gasteiger partial charge in [0.1, 0.15) is 0 Å². The number of esters is 1. The first-order valence-corrected chi connectivity index (χ1v) is 7.39. The molecule has 4 nitrogen and oxygen atoms in total. The van der Waals surface area contributed by atoms with Crippen molar-refractivity contribution in [3.05, 3.63) is 0 Å². The topological polar surface area (TPSA) is 63.6 Å². The van der Waals surface area contributed by atoms with E-state index in [0.717, 1.165) is 6.42 Å². The summed E-state index contributed by atoms with van der Waals surface area (Å²) in [6, 6.07) is 0. The molecule has 0 radical (unpaired) electrons. The summed E-state index contributed by atoms with van der Waals surface area (Å²) < 4.78 is 4.80. The lowest BCUT2D eigenvalue weighted by Crippen LogP contribution is -2.09. The standard InChI is InChI=1S/C9H16O4.C6H12/c1-7(2)5-6-13-9(12)4-3-8(10)11;1-2-4-6-5-3-1/h7H,3-6H2,1-2H3,(H,10,11);1-6H2. The molecule has 0 saturated heterocycles. The molecule has 1 aliphatic rings. The van der Waals surface area contributed by atoms with Gasteiger partial charge in [0.25, 0.3) is 0 Å². The van der Waals surface area contributed by atoms with Gasteiger partial charge in [0.2, 0.25) is 0 Å². The van der Waals surface area contributed by atoms with Gasteiger partial charge in [-0.25, -0.2) is 0 Å². The molecule has 0 atom stereocenters. The highest BCUT2D eigenvalue weighted by molar-refractivity contribution is 5.76. The maximum absolute atomic E-state index is 10.8. The van der Waals surface area contributed by atoms with Crippen LogP contribution in [0.5, 0.6) is 0 Å². The zero-order valence-electron chi connectivity index (χ0n) is 12.3. The zero-order chi connectivity index (χ0) is 14.5. The Hall–Kier alpha value is -1.06. The Kier molecular flexibility index (Phi) is 11.3. The van der Waals surface area contributed by atoms with E-state index in [2.05, 4.69) is 0 Å². The summed E-state index contributed by atoms with van der Waals surface area (Å²) in [5.74, 6) is -0.906. The second-order valence-corrected chi connectivity index (χ2v) is 5.42. The maximum atomic E-state index is 10.8. The number of rotatable bonds is 6. The number of carboxylic acid groups (broad SMARTS) is 1. The maximum Gasteiger partial charge on any atom is 0.306 e. The monoisotopic (exact) mass is 272 g/mol. The van der Waals surface area contributed by atoms with E-state index in [0.29, 0.717) is 12.5 Å². The second kappa shape index (κ2) is 12.0. The predicted molar refractivity (Wildman–Crippen MR) is 75.0 cm³/mol. The normalized spacial score (nSPS) is 14.5. The molecule has 0 aliphatic heterocycles. The summed E-state index contributed by atoms with van der Waals surface area (Å²) in [5, 5.41) is 8.27. The molecular weight excluding hydrogens is 244 g/mol. The number of hydrogen-bond acceptors (Lipinski definition) is 3. The smallest absolute Gasteiger partial charge is 0.306 e. The van der Waals surface area contributed by atoms with Gasteiger partial charge in [-0.3, -0.25) is 9.59 Å². The van der Waals surface area contributed by atoms with Crippen molar-refractivity contribution in [1.82, 2.24) is 0 Å². The SMILES string of the molecule is C1CCCCC1.CC(C)CCOC(=O)CCC(=O)O. The van der Waals surface area contributed by atoms with Crippen molar-refractivity contribution in [2.45, 2.75) is 71.6 Å². The average Bonchev–Trinajstić information content (AvgIpc) is 2.39. The molecule has 1 N–H and O–H groups in total. The van der Waals surface area contributed by atoms with Crippen molar-refractivity contribution in [2.75, 3.05) is 6.61 Å². The van der Waals surface area contributed by atoms with Crippen LogP contribution in [-0.2, 0) is 14.3 Å².